The highest BCUT2D eigenvalue weighted by Gasteiger charge is 2.53. The molecule has 0 aliphatic heterocycles. The summed E-state index contributed by atoms with van der Waals surface area (Å²) >= 11 is 0. The van der Waals surface area contributed by atoms with Gasteiger partial charge in [0.25, 0.3) is 12.5 Å². The molecule has 138 valence electrons. The third-order valence-corrected chi connectivity index (χ3v) is 4.68. The first-order valence-electron chi connectivity index (χ1n) is 8.45. The Hall–Kier alpha value is -1.70. The van der Waals surface area contributed by atoms with Crippen LogP contribution >= 0.6 is 0 Å². The van der Waals surface area contributed by atoms with Gasteiger partial charge in [-0.2, -0.15) is 0 Å². The molecule has 0 unspecified atom stereocenters. The van der Waals surface area contributed by atoms with Gasteiger partial charge in [0.15, 0.2) is 6.10 Å². The summed E-state index contributed by atoms with van der Waals surface area (Å²) < 4.78 is 16.1. The van der Waals surface area contributed by atoms with E-state index in [4.69, 9.17) is 14.2 Å². The van der Waals surface area contributed by atoms with E-state index in [0.29, 0.717) is 0 Å². The van der Waals surface area contributed by atoms with Gasteiger partial charge in [-0.15, -0.1) is 0 Å². The molecule has 8 heteroatoms. The van der Waals surface area contributed by atoms with Crippen molar-refractivity contribution in [2.24, 2.45) is 11.8 Å². The predicted octanol–water partition coefficient (Wildman–Crippen LogP) is 1.97. The number of hydrogen-bond donors (Lipinski definition) is 0. The van der Waals surface area contributed by atoms with Crippen LogP contribution in [0.5, 0.6) is 0 Å². The second-order valence-electron chi connectivity index (χ2n) is 6.04. The van der Waals surface area contributed by atoms with Crippen molar-refractivity contribution >= 4 is 12.4 Å². The standard InChI is InChI=1S/C16H27NO7/c1-5-11(6-2)24-14-10(4)12(16(19)22-7-3)8-13(17(20)21)15(14)23-9-18/h9-15H,5-8H2,1-4H3/t10-,12-,13+,14-,15-/m1/s1. The maximum absolute atomic E-state index is 12.2. The Balaban J connectivity index is 3.14. The molecule has 0 radical (unpaired) electrons. The second-order valence-corrected chi connectivity index (χ2v) is 6.04. The molecule has 1 fully saturated rings. The Bertz CT molecular complexity index is 438. The fourth-order valence-electron chi connectivity index (χ4n) is 3.26. The van der Waals surface area contributed by atoms with Crippen LogP contribution in [0.3, 0.4) is 0 Å². The highest BCUT2D eigenvalue weighted by atomic mass is 16.6. The third kappa shape index (κ3) is 4.66. The van der Waals surface area contributed by atoms with E-state index in [-0.39, 0.29) is 31.5 Å². The third-order valence-electron chi connectivity index (χ3n) is 4.68. The molecule has 0 aromatic heterocycles. The Morgan fingerprint density at radius 1 is 1.29 bits per heavy atom. The van der Waals surface area contributed by atoms with Crippen LogP contribution in [0.2, 0.25) is 0 Å². The minimum absolute atomic E-state index is 0.0334. The van der Waals surface area contributed by atoms with Crippen molar-refractivity contribution in [1.29, 1.82) is 0 Å². The van der Waals surface area contributed by atoms with Crippen molar-refractivity contribution in [2.45, 2.75) is 71.3 Å². The number of carbonyl (C=O) groups excluding carboxylic acids is 2. The van der Waals surface area contributed by atoms with Gasteiger partial charge in [0.05, 0.1) is 18.6 Å². The zero-order valence-electron chi connectivity index (χ0n) is 14.7. The number of ether oxygens (including phenoxy) is 3. The highest BCUT2D eigenvalue weighted by molar-refractivity contribution is 5.73. The molecule has 1 aliphatic carbocycles. The quantitative estimate of drug-likeness (QED) is 0.272. The molecule has 24 heavy (non-hydrogen) atoms. The van der Waals surface area contributed by atoms with Crippen LogP contribution in [0.1, 0.15) is 47.0 Å². The summed E-state index contributed by atoms with van der Waals surface area (Å²) in [6.07, 6.45) is -0.448. The van der Waals surface area contributed by atoms with Crippen molar-refractivity contribution < 1.29 is 28.7 Å². The summed E-state index contributed by atoms with van der Waals surface area (Å²) in [6.45, 7) is 7.79. The normalized spacial score (nSPS) is 30.0. The molecule has 0 amide bonds. The van der Waals surface area contributed by atoms with E-state index in [1.54, 1.807) is 13.8 Å². The topological polar surface area (TPSA) is 105 Å². The van der Waals surface area contributed by atoms with Crippen molar-refractivity contribution in [2.75, 3.05) is 6.61 Å². The lowest BCUT2D eigenvalue weighted by molar-refractivity contribution is -0.543. The monoisotopic (exact) mass is 345 g/mol. The van der Waals surface area contributed by atoms with E-state index in [1.807, 2.05) is 13.8 Å². The summed E-state index contributed by atoms with van der Waals surface area (Å²) in [5.41, 5.74) is 0. The van der Waals surface area contributed by atoms with Crippen LogP contribution in [0, 0.1) is 22.0 Å². The molecule has 1 rings (SSSR count). The molecule has 8 nitrogen and oxygen atoms in total. The average molecular weight is 345 g/mol. The first kappa shape index (κ1) is 20.3. The lowest BCUT2D eigenvalue weighted by Gasteiger charge is -2.41. The van der Waals surface area contributed by atoms with E-state index in [2.05, 4.69) is 0 Å². The molecule has 1 aliphatic rings. The Kier molecular flexibility index (Phi) is 8.10. The largest absolute Gasteiger partial charge is 0.466 e. The molecule has 0 aromatic carbocycles. The lowest BCUT2D eigenvalue weighted by Crippen LogP contribution is -2.57. The molecular weight excluding hydrogens is 318 g/mol. The fourth-order valence-corrected chi connectivity index (χ4v) is 3.26. The average Bonchev–Trinajstić information content (AvgIpc) is 2.54. The van der Waals surface area contributed by atoms with E-state index in [0.717, 1.165) is 12.8 Å². The number of hydrogen-bond acceptors (Lipinski definition) is 7. The number of nitro groups is 1. The Labute approximate surface area is 142 Å². The first-order valence-corrected chi connectivity index (χ1v) is 8.45. The van der Waals surface area contributed by atoms with Crippen LogP contribution < -0.4 is 0 Å². The number of esters is 1. The maximum atomic E-state index is 12.2. The van der Waals surface area contributed by atoms with Crippen molar-refractivity contribution in [3.8, 4) is 0 Å². The number of nitrogens with zero attached hydrogens (tertiary/aromatic N) is 1. The van der Waals surface area contributed by atoms with Gasteiger partial charge < -0.3 is 14.2 Å². The van der Waals surface area contributed by atoms with E-state index >= 15 is 0 Å². The van der Waals surface area contributed by atoms with Gasteiger partial charge in [-0.3, -0.25) is 19.7 Å². The summed E-state index contributed by atoms with van der Waals surface area (Å²) in [5.74, 6) is -1.49. The van der Waals surface area contributed by atoms with Crippen LogP contribution in [0.25, 0.3) is 0 Å². The maximum Gasteiger partial charge on any atom is 0.309 e. The van der Waals surface area contributed by atoms with E-state index in [9.17, 15) is 19.7 Å². The van der Waals surface area contributed by atoms with E-state index in [1.165, 1.54) is 0 Å². The Morgan fingerprint density at radius 3 is 2.38 bits per heavy atom. The first-order chi connectivity index (χ1) is 11.4. The van der Waals surface area contributed by atoms with Crippen molar-refractivity contribution in [1.82, 2.24) is 0 Å². The molecule has 0 bridgehead atoms. The lowest BCUT2D eigenvalue weighted by atomic mass is 9.74. The highest BCUT2D eigenvalue weighted by Crippen LogP contribution is 2.37. The van der Waals surface area contributed by atoms with Gasteiger partial charge in [0.1, 0.15) is 6.10 Å². The molecular formula is C16H27NO7. The minimum Gasteiger partial charge on any atom is -0.466 e. The summed E-state index contributed by atoms with van der Waals surface area (Å²) in [6, 6.07) is -1.19. The van der Waals surface area contributed by atoms with Gasteiger partial charge in [-0.1, -0.05) is 20.8 Å². The molecule has 0 heterocycles. The summed E-state index contributed by atoms with van der Waals surface area (Å²) in [7, 11) is 0. The molecule has 1 saturated carbocycles. The van der Waals surface area contributed by atoms with Crippen LogP contribution in [0.4, 0.5) is 0 Å². The Morgan fingerprint density at radius 2 is 1.92 bits per heavy atom. The SMILES string of the molecule is CCOC(=O)[C@@H]1C[C@H]([N+](=O)[O-])[C@@H](OC=O)[C@H](OC(CC)CC)[C@@H]1C. The summed E-state index contributed by atoms with van der Waals surface area (Å²) in [4.78, 5) is 34.0. The predicted molar refractivity (Wildman–Crippen MR) is 84.9 cm³/mol. The smallest absolute Gasteiger partial charge is 0.309 e. The van der Waals surface area contributed by atoms with Crippen molar-refractivity contribution in [3.63, 3.8) is 0 Å². The molecule has 0 saturated heterocycles. The van der Waals surface area contributed by atoms with Gasteiger partial charge in [0.2, 0.25) is 0 Å². The zero-order valence-corrected chi connectivity index (χ0v) is 14.7. The minimum atomic E-state index is -1.19. The fraction of sp³-hybridized carbons (Fsp3) is 0.875. The van der Waals surface area contributed by atoms with Crippen LogP contribution in [0.15, 0.2) is 0 Å². The molecule has 5 atom stereocenters. The number of carbonyl (C=O) groups is 2. The molecule has 0 spiro atoms. The molecule has 0 aromatic rings. The van der Waals surface area contributed by atoms with Crippen LogP contribution in [-0.2, 0) is 23.8 Å². The van der Waals surface area contributed by atoms with E-state index < -0.39 is 35.1 Å². The van der Waals surface area contributed by atoms with Gasteiger partial charge in [-0.05, 0) is 25.7 Å². The van der Waals surface area contributed by atoms with Gasteiger partial charge >= 0.3 is 5.97 Å². The van der Waals surface area contributed by atoms with Gasteiger partial charge in [-0.25, -0.2) is 0 Å². The van der Waals surface area contributed by atoms with Crippen molar-refractivity contribution in [3.05, 3.63) is 10.1 Å². The zero-order chi connectivity index (χ0) is 18.3. The second kappa shape index (κ2) is 9.56. The van der Waals surface area contributed by atoms with Gasteiger partial charge in [0, 0.05) is 11.3 Å². The molecule has 0 N–H and O–H groups in total. The van der Waals surface area contributed by atoms with Crippen LogP contribution in [-0.4, -0.2) is 48.3 Å². The summed E-state index contributed by atoms with van der Waals surface area (Å²) in [5, 5.41) is 11.4. The number of rotatable bonds is 9.